The predicted octanol–water partition coefficient (Wildman–Crippen LogP) is 1.74. The first-order valence-corrected chi connectivity index (χ1v) is 5.87. The number of hydrogen-bond acceptors (Lipinski definition) is 3. The predicted molar refractivity (Wildman–Crippen MR) is 65.3 cm³/mol. The second kappa shape index (κ2) is 6.01. The monoisotopic (exact) mass is 225 g/mol. The van der Waals surface area contributed by atoms with E-state index in [0.29, 0.717) is 5.92 Å². The van der Waals surface area contributed by atoms with Crippen molar-refractivity contribution >= 4 is 0 Å². The second-order valence-corrected chi connectivity index (χ2v) is 4.38. The first-order valence-electron chi connectivity index (χ1n) is 5.87. The van der Waals surface area contributed by atoms with Gasteiger partial charge in [0.25, 0.3) is 0 Å². The van der Waals surface area contributed by atoms with Crippen LogP contribution in [0.4, 0.5) is 0 Å². The van der Waals surface area contributed by atoms with Gasteiger partial charge in [0, 0.05) is 25.4 Å². The highest BCUT2D eigenvalue weighted by Gasteiger charge is 2.26. The third-order valence-electron chi connectivity index (χ3n) is 2.74. The Morgan fingerprint density at radius 2 is 2.19 bits per heavy atom. The third-order valence-corrected chi connectivity index (χ3v) is 2.74. The first-order chi connectivity index (χ1) is 7.60. The molecule has 1 heterocycles. The summed E-state index contributed by atoms with van der Waals surface area (Å²) in [5.41, 5.74) is 1.18. The molecule has 0 bridgehead atoms. The molecule has 4 heteroatoms. The van der Waals surface area contributed by atoms with Crippen LogP contribution in [0.25, 0.3) is 0 Å². The van der Waals surface area contributed by atoms with Crippen molar-refractivity contribution in [3.05, 3.63) is 18.0 Å². The summed E-state index contributed by atoms with van der Waals surface area (Å²) >= 11 is 0. The SMILES string of the molecule is CCOC(C(C)C)C(NC)c1cnn(C)c1. The quantitative estimate of drug-likeness (QED) is 0.801. The lowest BCUT2D eigenvalue weighted by atomic mass is 9.95. The van der Waals surface area contributed by atoms with E-state index in [4.69, 9.17) is 4.74 Å². The minimum absolute atomic E-state index is 0.180. The standard InChI is InChI=1S/C12H23N3O/c1-6-16-12(9(2)3)11(13-4)10-7-14-15(5)8-10/h7-9,11-13H,6H2,1-5H3. The van der Waals surface area contributed by atoms with Gasteiger partial charge in [-0.15, -0.1) is 0 Å². The van der Waals surface area contributed by atoms with Crippen LogP contribution < -0.4 is 5.32 Å². The Labute approximate surface area is 98.0 Å². The molecule has 0 aliphatic carbocycles. The van der Waals surface area contributed by atoms with Crippen molar-refractivity contribution < 1.29 is 4.74 Å². The number of aryl methyl sites for hydroxylation is 1. The molecule has 16 heavy (non-hydrogen) atoms. The number of nitrogens with zero attached hydrogens (tertiary/aromatic N) is 2. The Balaban J connectivity index is 2.85. The zero-order valence-electron chi connectivity index (χ0n) is 10.9. The summed E-state index contributed by atoms with van der Waals surface area (Å²) in [5, 5.41) is 7.53. The minimum Gasteiger partial charge on any atom is -0.376 e. The average Bonchev–Trinajstić information content (AvgIpc) is 2.64. The highest BCUT2D eigenvalue weighted by atomic mass is 16.5. The van der Waals surface area contributed by atoms with E-state index in [9.17, 15) is 0 Å². The Bertz CT molecular complexity index is 309. The summed E-state index contributed by atoms with van der Waals surface area (Å²) in [6, 6.07) is 0.202. The van der Waals surface area contributed by atoms with Crippen LogP contribution >= 0.6 is 0 Å². The zero-order chi connectivity index (χ0) is 12.1. The van der Waals surface area contributed by atoms with Crippen molar-refractivity contribution in [1.82, 2.24) is 15.1 Å². The maximum Gasteiger partial charge on any atom is 0.0793 e. The van der Waals surface area contributed by atoms with Gasteiger partial charge in [-0.05, 0) is 19.9 Å². The van der Waals surface area contributed by atoms with Crippen LogP contribution in [0.3, 0.4) is 0 Å². The van der Waals surface area contributed by atoms with Crippen molar-refractivity contribution in [2.24, 2.45) is 13.0 Å². The molecule has 1 N–H and O–H groups in total. The van der Waals surface area contributed by atoms with E-state index in [1.165, 1.54) is 5.56 Å². The summed E-state index contributed by atoms with van der Waals surface area (Å²) in [6.45, 7) is 7.13. The van der Waals surface area contributed by atoms with E-state index in [1.54, 1.807) is 0 Å². The van der Waals surface area contributed by atoms with Gasteiger partial charge < -0.3 is 10.1 Å². The smallest absolute Gasteiger partial charge is 0.0793 e. The van der Waals surface area contributed by atoms with Crippen molar-refractivity contribution in [2.75, 3.05) is 13.7 Å². The number of likely N-dealkylation sites (N-methyl/N-ethyl adjacent to an activating group) is 1. The van der Waals surface area contributed by atoms with E-state index < -0.39 is 0 Å². The van der Waals surface area contributed by atoms with Crippen LogP contribution in [-0.2, 0) is 11.8 Å². The minimum atomic E-state index is 0.180. The lowest BCUT2D eigenvalue weighted by Gasteiger charge is -2.29. The molecule has 92 valence electrons. The number of hydrogen-bond donors (Lipinski definition) is 1. The molecule has 0 fully saturated rings. The van der Waals surface area contributed by atoms with Crippen LogP contribution in [0.15, 0.2) is 12.4 Å². The molecular formula is C12H23N3O. The normalized spacial score (nSPS) is 15.4. The molecule has 0 radical (unpaired) electrons. The van der Waals surface area contributed by atoms with Crippen molar-refractivity contribution in [3.8, 4) is 0 Å². The third kappa shape index (κ3) is 3.06. The fraction of sp³-hybridized carbons (Fsp3) is 0.750. The molecule has 0 spiro atoms. The molecule has 0 aliphatic heterocycles. The van der Waals surface area contributed by atoms with Crippen LogP contribution in [0.1, 0.15) is 32.4 Å². The Hall–Kier alpha value is -0.870. The molecular weight excluding hydrogens is 202 g/mol. The van der Waals surface area contributed by atoms with Gasteiger partial charge in [-0.1, -0.05) is 13.8 Å². The molecule has 2 unspecified atom stereocenters. The van der Waals surface area contributed by atoms with Gasteiger partial charge in [-0.2, -0.15) is 5.10 Å². The summed E-state index contributed by atoms with van der Waals surface area (Å²) in [7, 11) is 3.90. The highest BCUT2D eigenvalue weighted by Crippen LogP contribution is 2.23. The van der Waals surface area contributed by atoms with Gasteiger partial charge in [0.1, 0.15) is 0 Å². The van der Waals surface area contributed by atoms with Gasteiger partial charge in [0.05, 0.1) is 18.3 Å². The fourth-order valence-electron chi connectivity index (χ4n) is 1.99. The number of ether oxygens (including phenoxy) is 1. The Kier molecular flexibility index (Phi) is 4.96. The molecule has 0 aromatic carbocycles. The van der Waals surface area contributed by atoms with E-state index >= 15 is 0 Å². The molecule has 4 nitrogen and oxygen atoms in total. The second-order valence-electron chi connectivity index (χ2n) is 4.38. The van der Waals surface area contributed by atoms with Gasteiger partial charge in [0.15, 0.2) is 0 Å². The molecule has 1 aromatic heterocycles. The van der Waals surface area contributed by atoms with E-state index in [2.05, 4.69) is 24.3 Å². The Morgan fingerprint density at radius 3 is 2.56 bits per heavy atom. The topological polar surface area (TPSA) is 39.1 Å². The van der Waals surface area contributed by atoms with Crippen molar-refractivity contribution in [1.29, 1.82) is 0 Å². The molecule has 0 saturated carbocycles. The molecule has 1 aromatic rings. The molecule has 0 aliphatic rings. The number of rotatable bonds is 6. The van der Waals surface area contributed by atoms with Crippen LogP contribution in [0.2, 0.25) is 0 Å². The number of nitrogens with one attached hydrogen (secondary N) is 1. The fourth-order valence-corrected chi connectivity index (χ4v) is 1.99. The zero-order valence-corrected chi connectivity index (χ0v) is 10.9. The van der Waals surface area contributed by atoms with Gasteiger partial charge in [0.2, 0.25) is 0 Å². The largest absolute Gasteiger partial charge is 0.376 e. The summed E-state index contributed by atoms with van der Waals surface area (Å²) in [4.78, 5) is 0. The van der Waals surface area contributed by atoms with Crippen molar-refractivity contribution in [3.63, 3.8) is 0 Å². The summed E-state index contributed by atoms with van der Waals surface area (Å²) < 4.78 is 7.64. The Morgan fingerprint density at radius 1 is 1.50 bits per heavy atom. The summed E-state index contributed by atoms with van der Waals surface area (Å²) in [5.74, 6) is 0.470. The lowest BCUT2D eigenvalue weighted by molar-refractivity contribution is 0.00459. The van der Waals surface area contributed by atoms with Crippen LogP contribution in [-0.4, -0.2) is 29.5 Å². The number of aromatic nitrogens is 2. The molecule has 1 rings (SSSR count). The first kappa shape index (κ1) is 13.2. The van der Waals surface area contributed by atoms with E-state index in [0.717, 1.165) is 6.61 Å². The van der Waals surface area contributed by atoms with Crippen LogP contribution in [0.5, 0.6) is 0 Å². The van der Waals surface area contributed by atoms with E-state index in [1.807, 2.05) is 38.1 Å². The van der Waals surface area contributed by atoms with Gasteiger partial charge in [-0.25, -0.2) is 0 Å². The van der Waals surface area contributed by atoms with Gasteiger partial charge >= 0.3 is 0 Å². The maximum atomic E-state index is 5.82. The lowest BCUT2D eigenvalue weighted by Crippen LogP contribution is -2.35. The molecule has 0 saturated heterocycles. The summed E-state index contributed by atoms with van der Waals surface area (Å²) in [6.07, 6.45) is 4.12. The van der Waals surface area contributed by atoms with Gasteiger partial charge in [-0.3, -0.25) is 4.68 Å². The molecule has 2 atom stereocenters. The maximum absolute atomic E-state index is 5.82. The van der Waals surface area contributed by atoms with E-state index in [-0.39, 0.29) is 12.1 Å². The van der Waals surface area contributed by atoms with Crippen molar-refractivity contribution in [2.45, 2.75) is 32.9 Å². The van der Waals surface area contributed by atoms with Crippen LogP contribution in [0, 0.1) is 5.92 Å². The highest BCUT2D eigenvalue weighted by molar-refractivity contribution is 5.12. The molecule has 0 amide bonds. The average molecular weight is 225 g/mol.